The fourth-order valence-corrected chi connectivity index (χ4v) is 3.19. The van der Waals surface area contributed by atoms with Crippen LogP contribution in [0.4, 0.5) is 0 Å². The number of fused-ring (bicyclic) bond motifs is 1. The fourth-order valence-electron chi connectivity index (χ4n) is 3.02. The molecule has 26 heavy (non-hydrogen) atoms. The zero-order valence-corrected chi connectivity index (χ0v) is 17.9. The lowest BCUT2D eigenvalue weighted by atomic mass is 10.1. The normalized spacial score (nSPS) is 17.5. The largest absolute Gasteiger partial charge is 0.361 e. The first kappa shape index (κ1) is 20.8. The van der Waals surface area contributed by atoms with Crippen LogP contribution in [0, 0.1) is 0 Å². The first-order chi connectivity index (χ1) is 12.2. The summed E-state index contributed by atoms with van der Waals surface area (Å²) >= 11 is 6.10. The smallest absolute Gasteiger partial charge is 0.220 e. The molecule has 0 aliphatic carbocycles. The summed E-state index contributed by atoms with van der Waals surface area (Å²) in [5.41, 5.74) is 2.30. The third kappa shape index (κ3) is 5.51. The SMILES string of the molecule is CCNC(=NCCc1c[nH]c2ccc(Cl)cc12)NC1CCC(=O)NC1.I. The Morgan fingerprint density at radius 1 is 1.42 bits per heavy atom. The lowest BCUT2D eigenvalue weighted by molar-refractivity contribution is -0.122. The van der Waals surface area contributed by atoms with Crippen LogP contribution in [0.15, 0.2) is 29.4 Å². The predicted molar refractivity (Wildman–Crippen MR) is 118 cm³/mol. The minimum Gasteiger partial charge on any atom is -0.361 e. The van der Waals surface area contributed by atoms with Crippen LogP contribution in [0.25, 0.3) is 10.9 Å². The number of carbonyl (C=O) groups is 1. The first-order valence-electron chi connectivity index (χ1n) is 8.72. The summed E-state index contributed by atoms with van der Waals surface area (Å²) in [4.78, 5) is 19.2. The van der Waals surface area contributed by atoms with Gasteiger partial charge in [0.25, 0.3) is 0 Å². The molecule has 1 saturated heterocycles. The molecular formula is C18H25ClIN5O. The molecular weight excluding hydrogens is 465 g/mol. The van der Waals surface area contributed by atoms with Crippen LogP contribution in [-0.4, -0.2) is 42.5 Å². The molecule has 0 radical (unpaired) electrons. The van der Waals surface area contributed by atoms with E-state index in [0.29, 0.717) is 19.5 Å². The van der Waals surface area contributed by atoms with E-state index in [0.717, 1.165) is 41.3 Å². The van der Waals surface area contributed by atoms with Crippen molar-refractivity contribution in [1.82, 2.24) is 20.9 Å². The van der Waals surface area contributed by atoms with E-state index < -0.39 is 0 Å². The van der Waals surface area contributed by atoms with Gasteiger partial charge in [-0.2, -0.15) is 0 Å². The molecule has 142 valence electrons. The number of guanidine groups is 1. The second-order valence-corrected chi connectivity index (χ2v) is 6.63. The summed E-state index contributed by atoms with van der Waals surface area (Å²) in [6, 6.07) is 6.09. The van der Waals surface area contributed by atoms with Gasteiger partial charge < -0.3 is 20.9 Å². The van der Waals surface area contributed by atoms with Gasteiger partial charge in [0.15, 0.2) is 5.96 Å². The van der Waals surface area contributed by atoms with Crippen LogP contribution in [0.3, 0.4) is 0 Å². The Balaban J connectivity index is 0.00000243. The molecule has 1 unspecified atom stereocenters. The molecule has 2 aromatic rings. The molecule has 1 amide bonds. The quantitative estimate of drug-likeness (QED) is 0.296. The van der Waals surface area contributed by atoms with E-state index in [1.165, 1.54) is 5.56 Å². The van der Waals surface area contributed by atoms with Crippen LogP contribution in [0.2, 0.25) is 5.02 Å². The van der Waals surface area contributed by atoms with Crippen molar-refractivity contribution in [3.05, 3.63) is 35.0 Å². The summed E-state index contributed by atoms with van der Waals surface area (Å²) in [6.45, 7) is 4.16. The highest BCUT2D eigenvalue weighted by atomic mass is 127. The number of hydrogen-bond donors (Lipinski definition) is 4. The van der Waals surface area contributed by atoms with E-state index in [1.807, 2.05) is 31.3 Å². The number of piperidine rings is 1. The van der Waals surface area contributed by atoms with Gasteiger partial charge in [-0.15, -0.1) is 24.0 Å². The minimum absolute atomic E-state index is 0. The fraction of sp³-hybridized carbons (Fsp3) is 0.444. The van der Waals surface area contributed by atoms with Gasteiger partial charge in [0, 0.05) is 54.2 Å². The maximum atomic E-state index is 11.3. The van der Waals surface area contributed by atoms with Crippen molar-refractivity contribution >= 4 is 58.3 Å². The van der Waals surface area contributed by atoms with Crippen LogP contribution in [-0.2, 0) is 11.2 Å². The molecule has 4 N–H and O–H groups in total. The number of nitrogens with one attached hydrogen (secondary N) is 4. The lowest BCUT2D eigenvalue weighted by Gasteiger charge is -2.25. The predicted octanol–water partition coefficient (Wildman–Crippen LogP) is 2.82. The van der Waals surface area contributed by atoms with E-state index in [9.17, 15) is 4.79 Å². The van der Waals surface area contributed by atoms with Crippen LogP contribution in [0.1, 0.15) is 25.3 Å². The monoisotopic (exact) mass is 489 g/mol. The molecule has 1 aromatic carbocycles. The molecule has 0 saturated carbocycles. The molecule has 3 rings (SSSR count). The third-order valence-corrected chi connectivity index (χ3v) is 4.57. The Hall–Kier alpha value is -1.48. The van der Waals surface area contributed by atoms with Gasteiger partial charge in [-0.1, -0.05) is 11.6 Å². The lowest BCUT2D eigenvalue weighted by Crippen LogP contribution is -2.51. The van der Waals surface area contributed by atoms with Gasteiger partial charge in [-0.3, -0.25) is 9.79 Å². The Morgan fingerprint density at radius 2 is 2.27 bits per heavy atom. The molecule has 0 bridgehead atoms. The van der Waals surface area contributed by atoms with E-state index in [2.05, 4.69) is 25.9 Å². The standard InChI is InChI=1S/C18H24ClN5O.HI/c1-2-20-18(24-14-4-6-17(25)23-11-14)21-8-7-12-10-22-16-5-3-13(19)9-15(12)16;/h3,5,9-10,14,22H,2,4,6-8,11H2,1H3,(H,23,25)(H2,20,21,24);1H. The third-order valence-electron chi connectivity index (χ3n) is 4.33. The number of benzene rings is 1. The second kappa shape index (κ2) is 10.0. The molecule has 8 heteroatoms. The molecule has 1 aliphatic rings. The van der Waals surface area contributed by atoms with Gasteiger partial charge in [0.1, 0.15) is 0 Å². The minimum atomic E-state index is 0. The Labute approximate surface area is 175 Å². The molecule has 0 spiro atoms. The number of rotatable bonds is 5. The van der Waals surface area contributed by atoms with Gasteiger partial charge in [-0.25, -0.2) is 0 Å². The van der Waals surface area contributed by atoms with Crippen molar-refractivity contribution in [2.24, 2.45) is 4.99 Å². The van der Waals surface area contributed by atoms with Crippen molar-refractivity contribution in [2.45, 2.75) is 32.2 Å². The van der Waals surface area contributed by atoms with E-state index in [-0.39, 0.29) is 35.9 Å². The molecule has 1 aromatic heterocycles. The number of halogens is 2. The van der Waals surface area contributed by atoms with Crippen molar-refractivity contribution in [3.8, 4) is 0 Å². The first-order valence-corrected chi connectivity index (χ1v) is 9.10. The number of aliphatic imine (C=N–C) groups is 1. The van der Waals surface area contributed by atoms with Gasteiger partial charge in [0.2, 0.25) is 5.91 Å². The van der Waals surface area contributed by atoms with Crippen molar-refractivity contribution in [1.29, 1.82) is 0 Å². The average molecular weight is 490 g/mol. The summed E-state index contributed by atoms with van der Waals surface area (Å²) in [5.74, 6) is 0.916. The number of amides is 1. The molecule has 1 fully saturated rings. The van der Waals surface area contributed by atoms with Crippen molar-refractivity contribution in [3.63, 3.8) is 0 Å². The summed E-state index contributed by atoms with van der Waals surface area (Å²) in [7, 11) is 0. The Kier molecular flexibility index (Phi) is 8.02. The molecule has 6 nitrogen and oxygen atoms in total. The van der Waals surface area contributed by atoms with Crippen LogP contribution < -0.4 is 16.0 Å². The average Bonchev–Trinajstić information content (AvgIpc) is 2.99. The summed E-state index contributed by atoms with van der Waals surface area (Å²) < 4.78 is 0. The molecule has 1 aliphatic heterocycles. The topological polar surface area (TPSA) is 81.3 Å². The number of H-pyrrole nitrogens is 1. The maximum Gasteiger partial charge on any atom is 0.220 e. The van der Waals surface area contributed by atoms with Crippen LogP contribution >= 0.6 is 35.6 Å². The highest BCUT2D eigenvalue weighted by molar-refractivity contribution is 14.0. The number of aromatic amines is 1. The highest BCUT2D eigenvalue weighted by Gasteiger charge is 2.18. The van der Waals surface area contributed by atoms with Crippen LogP contribution in [0.5, 0.6) is 0 Å². The summed E-state index contributed by atoms with van der Waals surface area (Å²) in [5, 5.41) is 11.4. The number of aromatic nitrogens is 1. The van der Waals surface area contributed by atoms with Gasteiger partial charge in [-0.05, 0) is 43.5 Å². The Bertz CT molecular complexity index is 766. The second-order valence-electron chi connectivity index (χ2n) is 6.20. The Morgan fingerprint density at radius 3 is 3.00 bits per heavy atom. The van der Waals surface area contributed by atoms with Gasteiger partial charge >= 0.3 is 0 Å². The highest BCUT2D eigenvalue weighted by Crippen LogP contribution is 2.22. The molecule has 2 heterocycles. The number of nitrogens with zero attached hydrogens (tertiary/aromatic N) is 1. The summed E-state index contributed by atoms with van der Waals surface area (Å²) in [6.07, 6.45) is 4.25. The number of hydrogen-bond acceptors (Lipinski definition) is 2. The van der Waals surface area contributed by atoms with E-state index >= 15 is 0 Å². The van der Waals surface area contributed by atoms with Crippen molar-refractivity contribution < 1.29 is 4.79 Å². The van der Waals surface area contributed by atoms with Crippen molar-refractivity contribution in [2.75, 3.05) is 19.6 Å². The zero-order chi connectivity index (χ0) is 17.6. The zero-order valence-electron chi connectivity index (χ0n) is 14.8. The van der Waals surface area contributed by atoms with E-state index in [4.69, 9.17) is 11.6 Å². The van der Waals surface area contributed by atoms with E-state index in [1.54, 1.807) is 0 Å². The number of carbonyl (C=O) groups excluding carboxylic acids is 1. The van der Waals surface area contributed by atoms with Gasteiger partial charge in [0.05, 0.1) is 0 Å². The molecule has 1 atom stereocenters. The maximum absolute atomic E-state index is 11.3.